The molecule has 0 aromatic heterocycles. The Kier molecular flexibility index (Phi) is 4.25. The van der Waals surface area contributed by atoms with Crippen LogP contribution in [0.3, 0.4) is 0 Å². The number of anilines is 1. The van der Waals surface area contributed by atoms with Gasteiger partial charge in [0.25, 0.3) is 0 Å². The Hall–Kier alpha value is -1.40. The smallest absolute Gasteiger partial charge is 0.242 e. The predicted molar refractivity (Wildman–Crippen MR) is 69.1 cm³/mol. The average Bonchev–Trinajstić information content (AvgIpc) is 2.28. The van der Waals surface area contributed by atoms with Crippen LogP contribution in [-0.4, -0.2) is 23.7 Å². The molecule has 5 nitrogen and oxygen atoms in total. The highest BCUT2D eigenvalue weighted by atomic mass is 32.2. The topological polar surface area (TPSA) is 75.8 Å². The van der Waals surface area contributed by atoms with Crippen molar-refractivity contribution >= 4 is 22.0 Å². The van der Waals surface area contributed by atoms with Crippen LogP contribution >= 0.6 is 0 Å². The molecular weight excluding hydrogens is 238 g/mol. The molecule has 6 heteroatoms. The molecular formula is C11H17N3O2S. The fourth-order valence-electron chi connectivity index (χ4n) is 1.30. The number of carbonyl (C=O) groups excluding carboxylic acids is 1. The first-order chi connectivity index (χ1) is 7.88. The maximum absolute atomic E-state index is 11.8. The normalized spacial score (nSPS) is 14.2. The van der Waals surface area contributed by atoms with E-state index in [-0.39, 0.29) is 6.41 Å². The second-order valence-corrected chi connectivity index (χ2v) is 5.80. The predicted octanol–water partition coefficient (Wildman–Crippen LogP) is 1.39. The second-order valence-electron chi connectivity index (χ2n) is 3.98. The van der Waals surface area contributed by atoms with Crippen LogP contribution in [0.5, 0.6) is 0 Å². The van der Waals surface area contributed by atoms with Crippen LogP contribution < -0.4 is 10.0 Å². The van der Waals surface area contributed by atoms with Crippen molar-refractivity contribution < 1.29 is 9.00 Å². The lowest BCUT2D eigenvalue weighted by atomic mass is 10.2. The highest BCUT2D eigenvalue weighted by Gasteiger charge is 2.08. The van der Waals surface area contributed by atoms with Gasteiger partial charge in [-0.15, -0.1) is 4.36 Å². The van der Waals surface area contributed by atoms with Crippen molar-refractivity contribution in [2.75, 3.05) is 11.9 Å². The summed E-state index contributed by atoms with van der Waals surface area (Å²) in [5.41, 5.74) is 0.991. The van der Waals surface area contributed by atoms with Gasteiger partial charge in [-0.2, -0.15) is 0 Å². The van der Waals surface area contributed by atoms with Crippen LogP contribution in [0.15, 0.2) is 33.5 Å². The Balaban J connectivity index is 3.09. The maximum atomic E-state index is 11.8. The Morgan fingerprint density at radius 3 is 2.29 bits per heavy atom. The van der Waals surface area contributed by atoms with Gasteiger partial charge in [0.15, 0.2) is 0 Å². The van der Waals surface area contributed by atoms with Gasteiger partial charge in [0, 0.05) is 18.8 Å². The second kappa shape index (κ2) is 5.29. The van der Waals surface area contributed by atoms with Gasteiger partial charge in [-0.3, -0.25) is 4.79 Å². The number of hydrogen-bond donors (Lipinski definition) is 1. The van der Waals surface area contributed by atoms with Crippen molar-refractivity contribution in [3.05, 3.63) is 24.3 Å². The van der Waals surface area contributed by atoms with E-state index in [1.54, 1.807) is 12.1 Å². The zero-order chi connectivity index (χ0) is 13.1. The molecule has 0 aliphatic carbocycles. The molecule has 1 unspecified atom stereocenters. The number of rotatable bonds is 4. The third-order valence-electron chi connectivity index (χ3n) is 2.56. The van der Waals surface area contributed by atoms with Gasteiger partial charge in [0.1, 0.15) is 9.92 Å². The SMILES string of the molecule is CC(C)N(C)c1ccc(S(N)(=O)=NC=O)cc1. The molecule has 1 rings (SSSR count). The van der Waals surface area contributed by atoms with Crippen molar-refractivity contribution in [2.24, 2.45) is 9.50 Å². The summed E-state index contributed by atoms with van der Waals surface area (Å²) < 4.78 is 15.0. The first kappa shape index (κ1) is 13.7. The molecule has 0 saturated carbocycles. The molecule has 0 spiro atoms. The lowest BCUT2D eigenvalue weighted by molar-refractivity contribution is -0.106. The Morgan fingerprint density at radius 1 is 1.35 bits per heavy atom. The van der Waals surface area contributed by atoms with E-state index in [4.69, 9.17) is 5.14 Å². The van der Waals surface area contributed by atoms with Crippen LogP contribution in [0.4, 0.5) is 5.69 Å². The number of nitrogens with two attached hydrogens (primary N) is 1. The molecule has 94 valence electrons. The summed E-state index contributed by atoms with van der Waals surface area (Å²) >= 11 is 0. The van der Waals surface area contributed by atoms with E-state index in [0.717, 1.165) is 5.69 Å². The first-order valence-electron chi connectivity index (χ1n) is 5.19. The Bertz CT molecular complexity index is 502. The Labute approximate surface area is 102 Å². The molecule has 1 amide bonds. The molecule has 0 aliphatic heterocycles. The number of amides is 1. The lowest BCUT2D eigenvalue weighted by Gasteiger charge is -2.23. The average molecular weight is 255 g/mol. The van der Waals surface area contributed by atoms with Crippen LogP contribution in [0.2, 0.25) is 0 Å². The van der Waals surface area contributed by atoms with Crippen LogP contribution in [0.25, 0.3) is 0 Å². The monoisotopic (exact) mass is 255 g/mol. The van der Waals surface area contributed by atoms with Gasteiger partial charge >= 0.3 is 0 Å². The minimum Gasteiger partial charge on any atom is -0.372 e. The molecule has 1 aromatic rings. The number of benzene rings is 1. The van der Waals surface area contributed by atoms with E-state index in [2.05, 4.69) is 23.1 Å². The van der Waals surface area contributed by atoms with Gasteiger partial charge in [-0.05, 0) is 38.1 Å². The van der Waals surface area contributed by atoms with Crippen LogP contribution in [0.1, 0.15) is 13.8 Å². The van der Waals surface area contributed by atoms with E-state index in [1.165, 1.54) is 0 Å². The fraction of sp³-hybridized carbons (Fsp3) is 0.364. The molecule has 2 N–H and O–H groups in total. The summed E-state index contributed by atoms with van der Waals surface area (Å²) in [5, 5.41) is 5.45. The van der Waals surface area contributed by atoms with E-state index in [0.29, 0.717) is 10.9 Å². The van der Waals surface area contributed by atoms with Gasteiger partial charge in [-0.1, -0.05) is 0 Å². The van der Waals surface area contributed by atoms with Crippen molar-refractivity contribution in [1.29, 1.82) is 0 Å². The van der Waals surface area contributed by atoms with E-state index >= 15 is 0 Å². The summed E-state index contributed by atoms with van der Waals surface area (Å²) in [5.74, 6) is 0. The van der Waals surface area contributed by atoms with Crippen LogP contribution in [0, 0.1) is 0 Å². The largest absolute Gasteiger partial charge is 0.372 e. The first-order valence-corrected chi connectivity index (χ1v) is 6.77. The third-order valence-corrected chi connectivity index (χ3v) is 3.90. The van der Waals surface area contributed by atoms with Crippen LogP contribution in [-0.2, 0) is 14.7 Å². The fourth-order valence-corrected chi connectivity index (χ4v) is 2.07. The van der Waals surface area contributed by atoms with Gasteiger partial charge < -0.3 is 4.90 Å². The zero-order valence-electron chi connectivity index (χ0n) is 10.2. The molecule has 17 heavy (non-hydrogen) atoms. The van der Waals surface area contributed by atoms with Crippen molar-refractivity contribution in [2.45, 2.75) is 24.8 Å². The minimum absolute atomic E-state index is 0.219. The number of nitrogens with zero attached hydrogens (tertiary/aromatic N) is 2. The molecule has 0 heterocycles. The molecule has 0 saturated heterocycles. The van der Waals surface area contributed by atoms with Gasteiger partial charge in [0.2, 0.25) is 6.41 Å². The van der Waals surface area contributed by atoms with Crippen molar-refractivity contribution in [1.82, 2.24) is 0 Å². The van der Waals surface area contributed by atoms with E-state index in [1.807, 2.05) is 19.2 Å². The summed E-state index contributed by atoms with van der Waals surface area (Å²) in [4.78, 5) is 12.6. The lowest BCUT2D eigenvalue weighted by Crippen LogP contribution is -2.25. The molecule has 1 aromatic carbocycles. The Morgan fingerprint density at radius 2 is 1.88 bits per heavy atom. The van der Waals surface area contributed by atoms with Gasteiger partial charge in [0.05, 0.1) is 4.90 Å². The van der Waals surface area contributed by atoms with Crippen molar-refractivity contribution in [3.63, 3.8) is 0 Å². The zero-order valence-corrected chi connectivity index (χ0v) is 11.0. The molecule has 0 bridgehead atoms. The highest BCUT2D eigenvalue weighted by molar-refractivity contribution is 7.91. The number of hydrogen-bond acceptors (Lipinski definition) is 3. The quantitative estimate of drug-likeness (QED) is 0.826. The van der Waals surface area contributed by atoms with E-state index in [9.17, 15) is 9.00 Å². The summed E-state index contributed by atoms with van der Waals surface area (Å²) in [6.45, 7) is 4.14. The van der Waals surface area contributed by atoms with Crippen molar-refractivity contribution in [3.8, 4) is 0 Å². The standard InChI is InChI=1S/C11H17N3O2S/c1-9(2)14(3)10-4-6-11(7-5-10)17(12,16)13-8-15/h4-9H,1-3H3,(H2,12,13,15,16). The molecule has 0 aliphatic rings. The van der Waals surface area contributed by atoms with E-state index < -0.39 is 9.92 Å². The minimum atomic E-state index is -3.08. The molecule has 0 radical (unpaired) electrons. The third kappa shape index (κ3) is 3.28. The summed E-state index contributed by atoms with van der Waals surface area (Å²) in [6, 6.07) is 7.24. The number of carbonyl (C=O) groups is 1. The van der Waals surface area contributed by atoms with Gasteiger partial charge in [-0.25, -0.2) is 9.35 Å². The molecule has 0 fully saturated rings. The summed E-state index contributed by atoms with van der Waals surface area (Å²) in [6.07, 6.45) is 0.219. The summed E-state index contributed by atoms with van der Waals surface area (Å²) in [7, 11) is -1.12. The highest BCUT2D eigenvalue weighted by Crippen LogP contribution is 2.18. The maximum Gasteiger partial charge on any atom is 0.242 e. The molecule has 1 atom stereocenters.